The molecule has 0 spiro atoms. The molecule has 1 aliphatic rings. The van der Waals surface area contributed by atoms with Crippen molar-refractivity contribution in [1.82, 2.24) is 10.2 Å². The second kappa shape index (κ2) is 13.1. The summed E-state index contributed by atoms with van der Waals surface area (Å²) in [6, 6.07) is 11.2. The normalized spacial score (nSPS) is 14.8. The van der Waals surface area contributed by atoms with Crippen molar-refractivity contribution in [3.05, 3.63) is 47.5 Å². The molecule has 186 valence electrons. The highest BCUT2D eigenvalue weighted by atomic mass is 16.5. The molecule has 8 heteroatoms. The Bertz CT molecular complexity index is 930. The van der Waals surface area contributed by atoms with Crippen molar-refractivity contribution in [2.24, 2.45) is 0 Å². The summed E-state index contributed by atoms with van der Waals surface area (Å²) < 4.78 is 28.1. The number of ether oxygens (including phenoxy) is 5. The first kappa shape index (κ1) is 25.6. The van der Waals surface area contributed by atoms with E-state index in [1.54, 1.807) is 25.3 Å². The van der Waals surface area contributed by atoms with Gasteiger partial charge in [0.1, 0.15) is 0 Å². The number of hydrogen-bond donors (Lipinski definition) is 1. The maximum atomic E-state index is 13.1. The number of methoxy groups -OCH3 is 1. The summed E-state index contributed by atoms with van der Waals surface area (Å²) in [7, 11) is 1.63. The van der Waals surface area contributed by atoms with Crippen molar-refractivity contribution in [2.75, 3.05) is 59.8 Å². The molecule has 2 aromatic rings. The molecule has 0 saturated carbocycles. The number of rotatable bonds is 12. The van der Waals surface area contributed by atoms with Gasteiger partial charge < -0.3 is 29.0 Å². The Morgan fingerprint density at radius 1 is 0.912 bits per heavy atom. The highest BCUT2D eigenvalue weighted by molar-refractivity contribution is 5.94. The summed E-state index contributed by atoms with van der Waals surface area (Å²) in [5.74, 6) is 2.42. The van der Waals surface area contributed by atoms with Gasteiger partial charge in [0.25, 0.3) is 5.91 Å². The van der Waals surface area contributed by atoms with Crippen LogP contribution in [0.15, 0.2) is 36.4 Å². The molecule has 0 radical (unpaired) electrons. The molecular formula is C26H36N2O6. The summed E-state index contributed by atoms with van der Waals surface area (Å²) in [4.78, 5) is 15.4. The molecule has 1 amide bonds. The molecule has 0 aliphatic carbocycles. The van der Waals surface area contributed by atoms with Crippen LogP contribution >= 0.6 is 0 Å². The lowest BCUT2D eigenvalue weighted by Gasteiger charge is -2.35. The fraction of sp³-hybridized carbons (Fsp3) is 0.500. The van der Waals surface area contributed by atoms with E-state index < -0.39 is 0 Å². The van der Waals surface area contributed by atoms with Crippen LogP contribution in [0.1, 0.15) is 42.7 Å². The molecule has 1 unspecified atom stereocenters. The Morgan fingerprint density at radius 2 is 1.53 bits per heavy atom. The van der Waals surface area contributed by atoms with E-state index in [1.165, 1.54) is 0 Å². The van der Waals surface area contributed by atoms with E-state index >= 15 is 0 Å². The van der Waals surface area contributed by atoms with Crippen LogP contribution in [0.3, 0.4) is 0 Å². The first-order valence-corrected chi connectivity index (χ1v) is 11.9. The van der Waals surface area contributed by atoms with Crippen molar-refractivity contribution in [1.29, 1.82) is 0 Å². The van der Waals surface area contributed by atoms with Crippen LogP contribution in [0.5, 0.6) is 23.0 Å². The highest BCUT2D eigenvalue weighted by Crippen LogP contribution is 2.33. The first-order chi connectivity index (χ1) is 16.6. The number of benzene rings is 2. The minimum absolute atomic E-state index is 0.0357. The number of amides is 1. The molecule has 1 saturated heterocycles. The van der Waals surface area contributed by atoms with Crippen molar-refractivity contribution < 1.29 is 28.5 Å². The Kier molecular flexibility index (Phi) is 9.85. The fourth-order valence-corrected chi connectivity index (χ4v) is 4.00. The Labute approximate surface area is 202 Å². The molecule has 1 fully saturated rings. The van der Waals surface area contributed by atoms with Gasteiger partial charge in [-0.25, -0.2) is 0 Å². The zero-order valence-electron chi connectivity index (χ0n) is 20.6. The largest absolute Gasteiger partial charge is 0.493 e. The third-order valence-electron chi connectivity index (χ3n) is 5.62. The van der Waals surface area contributed by atoms with Gasteiger partial charge in [-0.3, -0.25) is 9.69 Å². The third-order valence-corrected chi connectivity index (χ3v) is 5.62. The van der Waals surface area contributed by atoms with Crippen LogP contribution in [0.2, 0.25) is 0 Å². The predicted octanol–water partition coefficient (Wildman–Crippen LogP) is 3.69. The number of hydrogen-bond acceptors (Lipinski definition) is 7. The summed E-state index contributed by atoms with van der Waals surface area (Å²) in [5.41, 5.74) is 1.57. The average molecular weight is 473 g/mol. The molecule has 34 heavy (non-hydrogen) atoms. The third kappa shape index (κ3) is 6.55. The van der Waals surface area contributed by atoms with Gasteiger partial charge in [0, 0.05) is 25.2 Å². The van der Waals surface area contributed by atoms with E-state index in [2.05, 4.69) is 10.2 Å². The standard InChI is InChI=1S/C26H36N2O6/c1-5-32-22-10-8-19(16-24(22)30-4)21(28-12-14-31-15-13-28)18-27-26(29)20-9-11-23(33-6-2)25(17-20)34-7-3/h8-11,16-17,21H,5-7,12-15,18H2,1-4H3,(H,27,29). The number of carbonyl (C=O) groups excluding carboxylic acids is 1. The zero-order chi connectivity index (χ0) is 24.3. The van der Waals surface area contributed by atoms with Gasteiger partial charge in [0.15, 0.2) is 23.0 Å². The quantitative estimate of drug-likeness (QED) is 0.505. The van der Waals surface area contributed by atoms with Crippen LogP contribution in [0.4, 0.5) is 0 Å². The van der Waals surface area contributed by atoms with E-state index in [1.807, 2.05) is 39.0 Å². The van der Waals surface area contributed by atoms with E-state index in [0.717, 1.165) is 18.7 Å². The van der Waals surface area contributed by atoms with Crippen LogP contribution in [0.25, 0.3) is 0 Å². The predicted molar refractivity (Wildman–Crippen MR) is 130 cm³/mol. The van der Waals surface area contributed by atoms with Gasteiger partial charge in [0.2, 0.25) is 0 Å². The second-order valence-electron chi connectivity index (χ2n) is 7.75. The number of nitrogens with one attached hydrogen (secondary N) is 1. The van der Waals surface area contributed by atoms with Gasteiger partial charge in [-0.2, -0.15) is 0 Å². The van der Waals surface area contributed by atoms with Gasteiger partial charge in [0.05, 0.1) is 46.2 Å². The lowest BCUT2D eigenvalue weighted by molar-refractivity contribution is 0.0162. The van der Waals surface area contributed by atoms with Crippen molar-refractivity contribution >= 4 is 5.91 Å². The molecule has 1 aliphatic heterocycles. The van der Waals surface area contributed by atoms with Crippen molar-refractivity contribution in [3.63, 3.8) is 0 Å². The summed E-state index contributed by atoms with van der Waals surface area (Å²) in [6.45, 7) is 10.7. The van der Waals surface area contributed by atoms with E-state index in [0.29, 0.717) is 68.1 Å². The molecule has 0 aromatic heterocycles. The number of morpholine rings is 1. The lowest BCUT2D eigenvalue weighted by atomic mass is 10.0. The van der Waals surface area contributed by atoms with E-state index in [4.69, 9.17) is 23.7 Å². The Morgan fingerprint density at radius 3 is 2.18 bits per heavy atom. The lowest BCUT2D eigenvalue weighted by Crippen LogP contribution is -2.43. The maximum Gasteiger partial charge on any atom is 0.251 e. The fourth-order valence-electron chi connectivity index (χ4n) is 4.00. The van der Waals surface area contributed by atoms with Gasteiger partial charge in [-0.15, -0.1) is 0 Å². The first-order valence-electron chi connectivity index (χ1n) is 11.9. The summed E-state index contributed by atoms with van der Waals surface area (Å²) in [6.07, 6.45) is 0. The number of carbonyl (C=O) groups is 1. The summed E-state index contributed by atoms with van der Waals surface area (Å²) in [5, 5.41) is 3.10. The highest BCUT2D eigenvalue weighted by Gasteiger charge is 2.25. The molecule has 1 heterocycles. The van der Waals surface area contributed by atoms with Gasteiger partial charge >= 0.3 is 0 Å². The van der Waals surface area contributed by atoms with Crippen LogP contribution in [0, 0.1) is 0 Å². The maximum absolute atomic E-state index is 13.1. The molecule has 3 rings (SSSR count). The van der Waals surface area contributed by atoms with E-state index in [9.17, 15) is 4.79 Å². The smallest absolute Gasteiger partial charge is 0.251 e. The number of nitrogens with zero attached hydrogens (tertiary/aromatic N) is 1. The molecule has 1 N–H and O–H groups in total. The van der Waals surface area contributed by atoms with Crippen molar-refractivity contribution in [2.45, 2.75) is 26.8 Å². The van der Waals surface area contributed by atoms with Crippen LogP contribution < -0.4 is 24.3 Å². The average Bonchev–Trinajstić information content (AvgIpc) is 2.87. The monoisotopic (exact) mass is 472 g/mol. The molecule has 1 atom stereocenters. The topological polar surface area (TPSA) is 78.5 Å². The van der Waals surface area contributed by atoms with Crippen LogP contribution in [-0.2, 0) is 4.74 Å². The van der Waals surface area contributed by atoms with Gasteiger partial charge in [-0.1, -0.05) is 6.07 Å². The van der Waals surface area contributed by atoms with Gasteiger partial charge in [-0.05, 0) is 56.7 Å². The molecule has 2 aromatic carbocycles. The minimum atomic E-state index is -0.167. The Balaban J connectivity index is 1.79. The van der Waals surface area contributed by atoms with E-state index in [-0.39, 0.29) is 11.9 Å². The molecule has 0 bridgehead atoms. The van der Waals surface area contributed by atoms with Crippen molar-refractivity contribution in [3.8, 4) is 23.0 Å². The van der Waals surface area contributed by atoms with Crippen LogP contribution in [-0.4, -0.2) is 70.6 Å². The summed E-state index contributed by atoms with van der Waals surface area (Å²) >= 11 is 0. The molecular weight excluding hydrogens is 436 g/mol. The molecule has 8 nitrogen and oxygen atoms in total. The zero-order valence-corrected chi connectivity index (χ0v) is 20.6. The SMILES string of the molecule is CCOc1ccc(C(CNC(=O)c2ccc(OCC)c(OCC)c2)N2CCOCC2)cc1OC. The second-order valence-corrected chi connectivity index (χ2v) is 7.75. The minimum Gasteiger partial charge on any atom is -0.493 e. The Hall–Kier alpha value is -2.97.